The molecule has 1 aromatic heterocycles. The van der Waals surface area contributed by atoms with E-state index in [-0.39, 0.29) is 23.8 Å². The van der Waals surface area contributed by atoms with Crippen molar-refractivity contribution in [3.8, 4) is 0 Å². The topological polar surface area (TPSA) is 78.1 Å². The van der Waals surface area contributed by atoms with Crippen molar-refractivity contribution in [2.24, 2.45) is 5.92 Å². The first-order valence-corrected chi connectivity index (χ1v) is 6.78. The van der Waals surface area contributed by atoms with Gasteiger partial charge in [0.15, 0.2) is 0 Å². The zero-order valence-electron chi connectivity index (χ0n) is 11.0. The minimum Gasteiger partial charge on any atom is -0.330 e. The van der Waals surface area contributed by atoms with E-state index in [2.05, 4.69) is 15.5 Å². The molecule has 0 radical (unpaired) electrons. The van der Waals surface area contributed by atoms with Gasteiger partial charge in [-0.15, -0.1) is 0 Å². The number of aryl methyl sites for hydroxylation is 1. The molecule has 2 heterocycles. The summed E-state index contributed by atoms with van der Waals surface area (Å²) in [5.41, 5.74) is 0.895. The first-order chi connectivity index (χ1) is 9.16. The standard InChI is InChI=1S/C13H18N4O2/c1-8-7-14-16-11(8)15-12(18)10-3-2-6-17(10)13(19)9-4-5-9/h7,9-10H,2-6H2,1H3,(H2,14,15,16,18). The number of hydrogen-bond donors (Lipinski definition) is 2. The molecule has 0 spiro atoms. The number of likely N-dealkylation sites (tertiary alicyclic amines) is 1. The summed E-state index contributed by atoms with van der Waals surface area (Å²) in [6.07, 6.45) is 5.26. The highest BCUT2D eigenvalue weighted by Crippen LogP contribution is 2.33. The second kappa shape index (κ2) is 4.68. The molecule has 1 atom stereocenters. The summed E-state index contributed by atoms with van der Waals surface area (Å²) in [4.78, 5) is 26.1. The molecule has 1 unspecified atom stereocenters. The van der Waals surface area contributed by atoms with Gasteiger partial charge in [0.25, 0.3) is 0 Å². The highest BCUT2D eigenvalue weighted by atomic mass is 16.2. The first-order valence-electron chi connectivity index (χ1n) is 6.78. The zero-order valence-corrected chi connectivity index (χ0v) is 11.0. The molecule has 19 heavy (non-hydrogen) atoms. The number of carbonyl (C=O) groups excluding carboxylic acids is 2. The van der Waals surface area contributed by atoms with E-state index in [1.54, 1.807) is 11.1 Å². The zero-order chi connectivity index (χ0) is 13.4. The number of amides is 2. The summed E-state index contributed by atoms with van der Waals surface area (Å²) in [5, 5.41) is 9.45. The van der Waals surface area contributed by atoms with Gasteiger partial charge in [0.2, 0.25) is 11.8 Å². The summed E-state index contributed by atoms with van der Waals surface area (Å²) < 4.78 is 0. The van der Waals surface area contributed by atoms with Crippen LogP contribution >= 0.6 is 0 Å². The Morgan fingerprint density at radius 2 is 2.21 bits per heavy atom. The van der Waals surface area contributed by atoms with Crippen LogP contribution in [-0.2, 0) is 9.59 Å². The number of aromatic amines is 1. The predicted molar refractivity (Wildman–Crippen MR) is 69.4 cm³/mol. The summed E-state index contributed by atoms with van der Waals surface area (Å²) in [6.45, 7) is 2.58. The summed E-state index contributed by atoms with van der Waals surface area (Å²) in [6, 6.07) is -0.323. The molecule has 2 N–H and O–H groups in total. The molecular formula is C13H18N4O2. The molecule has 2 amide bonds. The molecule has 1 saturated carbocycles. The minimum absolute atomic E-state index is 0.112. The fourth-order valence-electron chi connectivity index (χ4n) is 2.55. The molecule has 1 aliphatic carbocycles. The van der Waals surface area contributed by atoms with E-state index in [0.717, 1.165) is 31.2 Å². The normalized spacial score (nSPS) is 22.6. The van der Waals surface area contributed by atoms with Gasteiger partial charge < -0.3 is 10.2 Å². The number of aromatic nitrogens is 2. The number of H-pyrrole nitrogens is 1. The van der Waals surface area contributed by atoms with Gasteiger partial charge in [-0.1, -0.05) is 0 Å². The van der Waals surface area contributed by atoms with E-state index in [1.807, 2.05) is 6.92 Å². The van der Waals surface area contributed by atoms with E-state index in [4.69, 9.17) is 0 Å². The molecule has 2 fully saturated rings. The molecule has 102 valence electrons. The largest absolute Gasteiger partial charge is 0.330 e. The van der Waals surface area contributed by atoms with E-state index in [1.165, 1.54) is 0 Å². The number of nitrogens with zero attached hydrogens (tertiary/aromatic N) is 2. The van der Waals surface area contributed by atoms with Crippen LogP contribution in [0.2, 0.25) is 0 Å². The fraction of sp³-hybridized carbons (Fsp3) is 0.615. The van der Waals surface area contributed by atoms with Crippen molar-refractivity contribution >= 4 is 17.6 Å². The number of carbonyl (C=O) groups is 2. The Labute approximate surface area is 111 Å². The van der Waals surface area contributed by atoms with Gasteiger partial charge in [0, 0.05) is 18.0 Å². The Bertz CT molecular complexity index is 506. The van der Waals surface area contributed by atoms with E-state index < -0.39 is 0 Å². The number of hydrogen-bond acceptors (Lipinski definition) is 3. The van der Waals surface area contributed by atoms with Gasteiger partial charge in [-0.25, -0.2) is 0 Å². The van der Waals surface area contributed by atoms with Crippen molar-refractivity contribution in [3.63, 3.8) is 0 Å². The van der Waals surface area contributed by atoms with Gasteiger partial charge in [-0.3, -0.25) is 14.7 Å². The lowest BCUT2D eigenvalue weighted by molar-refractivity contribution is -0.137. The van der Waals surface area contributed by atoms with Gasteiger partial charge in [-0.2, -0.15) is 5.10 Å². The van der Waals surface area contributed by atoms with Crippen LogP contribution in [-0.4, -0.2) is 39.5 Å². The monoisotopic (exact) mass is 262 g/mol. The lowest BCUT2D eigenvalue weighted by Gasteiger charge is -2.23. The Morgan fingerprint density at radius 1 is 1.42 bits per heavy atom. The van der Waals surface area contributed by atoms with E-state index in [0.29, 0.717) is 12.4 Å². The smallest absolute Gasteiger partial charge is 0.248 e. The molecule has 1 aromatic rings. The molecule has 3 rings (SSSR count). The van der Waals surface area contributed by atoms with E-state index >= 15 is 0 Å². The second-order valence-electron chi connectivity index (χ2n) is 5.38. The average molecular weight is 262 g/mol. The second-order valence-corrected chi connectivity index (χ2v) is 5.38. The van der Waals surface area contributed by atoms with Crippen molar-refractivity contribution in [2.75, 3.05) is 11.9 Å². The van der Waals surface area contributed by atoms with Crippen molar-refractivity contribution in [1.82, 2.24) is 15.1 Å². The Morgan fingerprint density at radius 3 is 2.84 bits per heavy atom. The molecule has 2 aliphatic rings. The third-order valence-electron chi connectivity index (χ3n) is 3.84. The van der Waals surface area contributed by atoms with Crippen LogP contribution < -0.4 is 5.32 Å². The van der Waals surface area contributed by atoms with Gasteiger partial charge >= 0.3 is 0 Å². The van der Waals surface area contributed by atoms with Gasteiger partial charge in [0.05, 0.1) is 6.20 Å². The Hall–Kier alpha value is -1.85. The number of nitrogens with one attached hydrogen (secondary N) is 2. The lowest BCUT2D eigenvalue weighted by atomic mass is 10.2. The maximum Gasteiger partial charge on any atom is 0.248 e. The molecule has 6 nitrogen and oxygen atoms in total. The molecule has 1 aliphatic heterocycles. The van der Waals surface area contributed by atoms with Crippen molar-refractivity contribution in [3.05, 3.63) is 11.8 Å². The molecule has 0 bridgehead atoms. The van der Waals surface area contributed by atoms with Crippen LogP contribution in [0.15, 0.2) is 6.20 Å². The maximum atomic E-state index is 12.3. The summed E-state index contributed by atoms with van der Waals surface area (Å²) in [7, 11) is 0. The van der Waals surface area contributed by atoms with Crippen LogP contribution in [0.3, 0.4) is 0 Å². The SMILES string of the molecule is Cc1cn[nH]c1NC(=O)C1CCCN1C(=O)C1CC1. The van der Waals surface area contributed by atoms with Gasteiger partial charge in [0.1, 0.15) is 11.9 Å². The lowest BCUT2D eigenvalue weighted by Crippen LogP contribution is -2.43. The Balaban J connectivity index is 1.68. The van der Waals surface area contributed by atoms with Crippen LogP contribution in [0.5, 0.6) is 0 Å². The van der Waals surface area contributed by atoms with E-state index in [9.17, 15) is 9.59 Å². The van der Waals surface area contributed by atoms with Crippen LogP contribution in [0, 0.1) is 12.8 Å². The average Bonchev–Trinajstić information content (AvgIpc) is 2.99. The number of rotatable bonds is 3. The summed E-state index contributed by atoms with van der Waals surface area (Å²) in [5.74, 6) is 0.829. The first kappa shape index (κ1) is 12.2. The molecule has 1 saturated heterocycles. The number of anilines is 1. The fourth-order valence-corrected chi connectivity index (χ4v) is 2.55. The van der Waals surface area contributed by atoms with Crippen molar-refractivity contribution < 1.29 is 9.59 Å². The predicted octanol–water partition coefficient (Wildman–Crippen LogP) is 1.06. The minimum atomic E-state index is -0.323. The molecule has 0 aromatic carbocycles. The van der Waals surface area contributed by atoms with Gasteiger partial charge in [-0.05, 0) is 32.6 Å². The third-order valence-corrected chi connectivity index (χ3v) is 3.84. The quantitative estimate of drug-likeness (QED) is 0.855. The third kappa shape index (κ3) is 2.34. The van der Waals surface area contributed by atoms with Crippen molar-refractivity contribution in [1.29, 1.82) is 0 Å². The summed E-state index contributed by atoms with van der Waals surface area (Å²) >= 11 is 0. The highest BCUT2D eigenvalue weighted by molar-refractivity contribution is 5.97. The highest BCUT2D eigenvalue weighted by Gasteiger charge is 2.40. The molecule has 6 heteroatoms. The van der Waals surface area contributed by atoms with Crippen LogP contribution in [0.25, 0.3) is 0 Å². The Kier molecular flexibility index (Phi) is 3.00. The van der Waals surface area contributed by atoms with Crippen molar-refractivity contribution in [2.45, 2.75) is 38.6 Å². The molecular weight excluding hydrogens is 244 g/mol. The maximum absolute atomic E-state index is 12.3. The van der Waals surface area contributed by atoms with Crippen LogP contribution in [0.4, 0.5) is 5.82 Å². The van der Waals surface area contributed by atoms with Crippen LogP contribution in [0.1, 0.15) is 31.2 Å².